The van der Waals surface area contributed by atoms with E-state index in [-0.39, 0.29) is 22.6 Å². The Bertz CT molecular complexity index is 861. The van der Waals surface area contributed by atoms with Gasteiger partial charge in [-0.3, -0.25) is 4.79 Å². The number of primary sulfonamides is 1. The van der Waals surface area contributed by atoms with Gasteiger partial charge < -0.3 is 5.32 Å². The molecule has 1 aliphatic rings. The summed E-state index contributed by atoms with van der Waals surface area (Å²) in [6.45, 7) is 1.82. The Morgan fingerprint density at radius 3 is 2.68 bits per heavy atom. The molecule has 1 aromatic heterocycles. The van der Waals surface area contributed by atoms with E-state index in [1.54, 1.807) is 16.8 Å². The summed E-state index contributed by atoms with van der Waals surface area (Å²) < 4.78 is 24.3. The molecule has 0 aliphatic heterocycles. The number of sulfonamides is 1. The summed E-state index contributed by atoms with van der Waals surface area (Å²) in [5.41, 5.74) is 0.786. The smallest absolute Gasteiger partial charge is 0.238 e. The second-order valence-electron chi connectivity index (χ2n) is 5.83. The van der Waals surface area contributed by atoms with Crippen LogP contribution in [0.5, 0.6) is 0 Å². The zero-order valence-electron chi connectivity index (χ0n) is 13.5. The highest BCUT2D eigenvalue weighted by molar-refractivity contribution is 7.99. The molecular formula is C14H18N6O3S2. The quantitative estimate of drug-likeness (QED) is 0.671. The molecule has 3 N–H and O–H groups in total. The largest absolute Gasteiger partial charge is 0.349 e. The Kier molecular flexibility index (Phi) is 5.06. The molecule has 134 valence electrons. The van der Waals surface area contributed by atoms with Crippen LogP contribution in [0.15, 0.2) is 34.3 Å². The Balaban J connectivity index is 1.54. The number of nitrogens with two attached hydrogens (primary N) is 1. The molecule has 1 amide bonds. The lowest BCUT2D eigenvalue weighted by molar-refractivity contribution is -0.119. The van der Waals surface area contributed by atoms with Crippen molar-refractivity contribution >= 4 is 27.7 Å². The maximum atomic E-state index is 12.1. The van der Waals surface area contributed by atoms with Gasteiger partial charge in [-0.15, -0.1) is 5.10 Å². The number of nitrogens with zero attached hydrogens (tertiary/aromatic N) is 4. The SMILES string of the molecule is C[C@H](NC(=O)CSc1nnnn1C1CC1)c1ccc(S(N)(=O)=O)cc1. The molecule has 0 spiro atoms. The second-order valence-corrected chi connectivity index (χ2v) is 8.33. The number of benzene rings is 1. The number of thioether (sulfide) groups is 1. The van der Waals surface area contributed by atoms with E-state index in [0.717, 1.165) is 18.4 Å². The van der Waals surface area contributed by atoms with Crippen LogP contribution in [-0.2, 0) is 14.8 Å². The molecule has 0 bridgehead atoms. The van der Waals surface area contributed by atoms with Gasteiger partial charge >= 0.3 is 0 Å². The van der Waals surface area contributed by atoms with Gasteiger partial charge in [-0.2, -0.15) is 0 Å². The van der Waals surface area contributed by atoms with Gasteiger partial charge in [-0.25, -0.2) is 18.2 Å². The van der Waals surface area contributed by atoms with E-state index in [2.05, 4.69) is 20.8 Å². The van der Waals surface area contributed by atoms with Crippen LogP contribution in [0.2, 0.25) is 0 Å². The first-order valence-electron chi connectivity index (χ1n) is 7.67. The van der Waals surface area contributed by atoms with Gasteiger partial charge in [0.25, 0.3) is 0 Å². The summed E-state index contributed by atoms with van der Waals surface area (Å²) in [6.07, 6.45) is 2.13. The van der Waals surface area contributed by atoms with Crippen molar-refractivity contribution in [1.29, 1.82) is 0 Å². The topological polar surface area (TPSA) is 133 Å². The molecule has 1 fully saturated rings. The normalized spacial score (nSPS) is 15.8. The standard InChI is InChI=1S/C14H18N6O3S2/c1-9(10-2-6-12(7-3-10)25(15,22)23)16-13(21)8-24-14-17-18-19-20(14)11-4-5-11/h2-3,6-7,9,11H,4-5,8H2,1H3,(H,16,21)(H2,15,22,23)/t9-/m0/s1. The first-order chi connectivity index (χ1) is 11.8. The molecule has 1 atom stereocenters. The second kappa shape index (κ2) is 7.10. The Morgan fingerprint density at radius 2 is 2.08 bits per heavy atom. The molecule has 0 saturated heterocycles. The van der Waals surface area contributed by atoms with Crippen LogP contribution in [-0.4, -0.2) is 40.3 Å². The van der Waals surface area contributed by atoms with E-state index in [1.165, 1.54) is 23.9 Å². The highest BCUT2D eigenvalue weighted by atomic mass is 32.2. The van der Waals surface area contributed by atoms with Gasteiger partial charge in [0.15, 0.2) is 0 Å². The van der Waals surface area contributed by atoms with Gasteiger partial charge in [0.05, 0.1) is 22.7 Å². The van der Waals surface area contributed by atoms with E-state index in [1.807, 2.05) is 6.92 Å². The lowest BCUT2D eigenvalue weighted by atomic mass is 10.1. The molecule has 9 nitrogen and oxygen atoms in total. The van der Waals surface area contributed by atoms with Crippen molar-refractivity contribution in [3.05, 3.63) is 29.8 Å². The van der Waals surface area contributed by atoms with Crippen LogP contribution in [0.3, 0.4) is 0 Å². The Hall–Kier alpha value is -1.98. The van der Waals surface area contributed by atoms with Gasteiger partial charge in [-0.05, 0) is 47.9 Å². The van der Waals surface area contributed by atoms with Crippen LogP contribution in [0.4, 0.5) is 0 Å². The summed E-state index contributed by atoms with van der Waals surface area (Å²) >= 11 is 1.29. The fourth-order valence-corrected chi connectivity index (χ4v) is 3.54. The summed E-state index contributed by atoms with van der Waals surface area (Å²) in [4.78, 5) is 12.2. The predicted molar refractivity (Wildman–Crippen MR) is 91.2 cm³/mol. The molecule has 0 unspecified atom stereocenters. The number of rotatable bonds is 7. The highest BCUT2D eigenvalue weighted by Gasteiger charge is 2.28. The summed E-state index contributed by atoms with van der Waals surface area (Å²) in [6, 6.07) is 6.20. The van der Waals surface area contributed by atoms with Gasteiger partial charge in [0.1, 0.15) is 0 Å². The van der Waals surface area contributed by atoms with Gasteiger partial charge in [-0.1, -0.05) is 23.9 Å². The van der Waals surface area contributed by atoms with Crippen LogP contribution in [0.25, 0.3) is 0 Å². The minimum atomic E-state index is -3.72. The van der Waals surface area contributed by atoms with Crippen molar-refractivity contribution in [2.45, 2.75) is 41.9 Å². The molecule has 2 aromatic rings. The summed E-state index contributed by atoms with van der Waals surface area (Å²) in [7, 11) is -3.72. The van der Waals surface area contributed by atoms with E-state index in [4.69, 9.17) is 5.14 Å². The van der Waals surface area contributed by atoms with Crippen molar-refractivity contribution in [2.24, 2.45) is 5.14 Å². The van der Waals surface area contributed by atoms with Crippen LogP contribution < -0.4 is 10.5 Å². The van der Waals surface area contributed by atoms with E-state index in [9.17, 15) is 13.2 Å². The molecule has 25 heavy (non-hydrogen) atoms. The van der Waals surface area contributed by atoms with Crippen LogP contribution in [0, 0.1) is 0 Å². The number of hydrogen-bond acceptors (Lipinski definition) is 7. The highest BCUT2D eigenvalue weighted by Crippen LogP contribution is 2.36. The van der Waals surface area contributed by atoms with Crippen molar-refractivity contribution < 1.29 is 13.2 Å². The minimum absolute atomic E-state index is 0.0391. The molecule has 1 saturated carbocycles. The maximum absolute atomic E-state index is 12.1. The first-order valence-corrected chi connectivity index (χ1v) is 10.2. The number of hydrogen-bond donors (Lipinski definition) is 2. The molecular weight excluding hydrogens is 364 g/mol. The Labute approximate surface area is 149 Å². The average molecular weight is 382 g/mol. The third-order valence-corrected chi connectivity index (χ3v) is 5.64. The number of aromatic nitrogens is 4. The molecule has 1 heterocycles. The summed E-state index contributed by atoms with van der Waals surface area (Å²) in [5, 5.41) is 20.1. The van der Waals surface area contributed by atoms with E-state index in [0.29, 0.717) is 11.2 Å². The van der Waals surface area contributed by atoms with Gasteiger partial charge in [0, 0.05) is 0 Å². The van der Waals surface area contributed by atoms with Crippen molar-refractivity contribution in [3.63, 3.8) is 0 Å². The van der Waals surface area contributed by atoms with E-state index >= 15 is 0 Å². The van der Waals surface area contributed by atoms with Crippen molar-refractivity contribution in [3.8, 4) is 0 Å². The summed E-state index contributed by atoms with van der Waals surface area (Å²) in [5.74, 6) is 0.0468. The van der Waals surface area contributed by atoms with Gasteiger partial charge in [0.2, 0.25) is 21.1 Å². The fraction of sp³-hybridized carbons (Fsp3) is 0.429. The predicted octanol–water partition coefficient (Wildman–Crippen LogP) is 0.625. The molecule has 1 aliphatic carbocycles. The Morgan fingerprint density at radius 1 is 1.40 bits per heavy atom. The maximum Gasteiger partial charge on any atom is 0.238 e. The number of nitrogens with one attached hydrogen (secondary N) is 1. The third-order valence-electron chi connectivity index (χ3n) is 3.77. The first kappa shape index (κ1) is 17.8. The van der Waals surface area contributed by atoms with Crippen molar-refractivity contribution in [1.82, 2.24) is 25.5 Å². The number of carbonyl (C=O) groups excluding carboxylic acids is 1. The zero-order chi connectivity index (χ0) is 18.0. The lowest BCUT2D eigenvalue weighted by Gasteiger charge is -2.14. The number of carbonyl (C=O) groups is 1. The molecule has 3 rings (SSSR count). The average Bonchev–Trinajstić information content (AvgIpc) is 3.30. The molecule has 11 heteroatoms. The monoisotopic (exact) mass is 382 g/mol. The van der Waals surface area contributed by atoms with Crippen molar-refractivity contribution in [2.75, 3.05) is 5.75 Å². The van der Waals surface area contributed by atoms with Crippen LogP contribution in [0.1, 0.15) is 37.4 Å². The van der Waals surface area contributed by atoms with E-state index < -0.39 is 10.0 Å². The van der Waals surface area contributed by atoms with Crippen LogP contribution >= 0.6 is 11.8 Å². The minimum Gasteiger partial charge on any atom is -0.349 e. The molecule has 0 radical (unpaired) electrons. The third kappa shape index (κ3) is 4.55. The lowest BCUT2D eigenvalue weighted by Crippen LogP contribution is -2.28. The zero-order valence-corrected chi connectivity index (χ0v) is 15.1. The number of tetrazole rings is 1. The number of amides is 1. The molecule has 1 aromatic carbocycles. The fourth-order valence-electron chi connectivity index (χ4n) is 2.27.